The molecule has 132 valence electrons. The van der Waals surface area contributed by atoms with Gasteiger partial charge in [-0.25, -0.2) is 0 Å². The van der Waals surface area contributed by atoms with E-state index in [9.17, 15) is 4.79 Å². The summed E-state index contributed by atoms with van der Waals surface area (Å²) in [5.41, 5.74) is 0. The minimum atomic E-state index is -0.798. The summed E-state index contributed by atoms with van der Waals surface area (Å²) in [6, 6.07) is 0. The average molecular weight is 315 g/mol. The molecule has 0 aliphatic heterocycles. The molecule has 0 unspecified atom stereocenters. The molecule has 0 saturated carbocycles. The largest absolute Gasteiger partial charge is 0.481 e. The normalized spacial score (nSPS) is 11.2. The van der Waals surface area contributed by atoms with Crippen LogP contribution in [0.15, 0.2) is 0 Å². The van der Waals surface area contributed by atoms with Crippen molar-refractivity contribution in [3.8, 4) is 0 Å². The summed E-state index contributed by atoms with van der Waals surface area (Å²) < 4.78 is 0. The number of hydrogen-bond acceptors (Lipinski definition) is 3. The number of carbonyl (C=O) groups is 1. The first-order valence-electron chi connectivity index (χ1n) is 9.25. The fraction of sp³-hybridized carbons (Fsp3) is 0.944. The number of nitrogens with zero attached hydrogens (tertiary/aromatic N) is 1. The van der Waals surface area contributed by atoms with Gasteiger partial charge in [-0.3, -0.25) is 9.69 Å². The summed E-state index contributed by atoms with van der Waals surface area (Å²) in [6.45, 7) is 3.47. The number of rotatable bonds is 17. The molecule has 0 aromatic heterocycles. The van der Waals surface area contributed by atoms with Crippen molar-refractivity contribution in [3.05, 3.63) is 0 Å². The molecule has 2 N–H and O–H groups in total. The lowest BCUT2D eigenvalue weighted by Gasteiger charge is -2.18. The summed E-state index contributed by atoms with van der Waals surface area (Å²) >= 11 is 0. The maximum absolute atomic E-state index is 10.5. The van der Waals surface area contributed by atoms with Crippen LogP contribution in [0.2, 0.25) is 0 Å². The highest BCUT2D eigenvalue weighted by Gasteiger charge is 2.05. The van der Waals surface area contributed by atoms with Gasteiger partial charge < -0.3 is 10.2 Å². The molecule has 22 heavy (non-hydrogen) atoms. The maximum atomic E-state index is 10.5. The number of aliphatic hydroxyl groups excluding tert-OH is 1. The first-order valence-corrected chi connectivity index (χ1v) is 9.25. The Morgan fingerprint density at radius 2 is 1.23 bits per heavy atom. The molecule has 0 aliphatic rings. The first-order chi connectivity index (χ1) is 10.7. The Balaban J connectivity index is 3.23. The first kappa shape index (κ1) is 21.4. The molecule has 0 aromatic carbocycles. The van der Waals surface area contributed by atoms with E-state index in [-0.39, 0.29) is 13.2 Å². The molecule has 0 atom stereocenters. The number of unbranched alkanes of at least 4 members (excludes halogenated alkanes) is 11. The van der Waals surface area contributed by atoms with Crippen LogP contribution in [0.4, 0.5) is 0 Å². The molecule has 0 amide bonds. The number of aliphatic carboxylic acids is 1. The zero-order chi connectivity index (χ0) is 16.5. The van der Waals surface area contributed by atoms with Gasteiger partial charge in [0.2, 0.25) is 0 Å². The summed E-state index contributed by atoms with van der Waals surface area (Å²) in [5.74, 6) is -0.798. The quantitative estimate of drug-likeness (QED) is 0.308. The Hall–Kier alpha value is -0.610. The van der Waals surface area contributed by atoms with E-state index < -0.39 is 5.97 Å². The van der Waals surface area contributed by atoms with Gasteiger partial charge in [0.25, 0.3) is 0 Å². The van der Waals surface area contributed by atoms with E-state index in [2.05, 4.69) is 6.92 Å². The molecule has 0 aliphatic carbocycles. The Bertz CT molecular complexity index is 246. The summed E-state index contributed by atoms with van der Waals surface area (Å²) in [5, 5.41) is 17.8. The number of carboxylic acids is 1. The van der Waals surface area contributed by atoms with Crippen LogP contribution in [0.3, 0.4) is 0 Å². The van der Waals surface area contributed by atoms with E-state index in [0.29, 0.717) is 6.54 Å². The van der Waals surface area contributed by atoms with Crippen molar-refractivity contribution in [3.63, 3.8) is 0 Å². The third-order valence-electron chi connectivity index (χ3n) is 4.17. The van der Waals surface area contributed by atoms with Gasteiger partial charge in [0, 0.05) is 13.1 Å². The minimum Gasteiger partial charge on any atom is -0.481 e. The molecule has 0 bridgehead atoms. The Morgan fingerprint density at radius 1 is 0.773 bits per heavy atom. The second-order valence-corrected chi connectivity index (χ2v) is 6.29. The zero-order valence-electron chi connectivity index (χ0n) is 14.6. The molecule has 0 spiro atoms. The smallest absolute Gasteiger partial charge is 0.304 e. The molecule has 0 saturated heterocycles. The van der Waals surface area contributed by atoms with E-state index in [1.807, 2.05) is 4.90 Å². The molecule has 0 fully saturated rings. The van der Waals surface area contributed by atoms with Crippen molar-refractivity contribution in [2.75, 3.05) is 19.8 Å². The van der Waals surface area contributed by atoms with Crippen LogP contribution in [0.25, 0.3) is 0 Å². The standard InChI is InChI=1S/C18H37NO3/c1-2-3-4-5-6-7-8-9-10-11-12-13-15-19(17-20)16-14-18(21)22/h20H,2-17H2,1H3,(H,21,22). The summed E-state index contributed by atoms with van der Waals surface area (Å²) in [4.78, 5) is 12.3. The van der Waals surface area contributed by atoms with Crippen molar-refractivity contribution in [1.29, 1.82) is 0 Å². The highest BCUT2D eigenvalue weighted by atomic mass is 16.4. The van der Waals surface area contributed by atoms with Crippen LogP contribution in [-0.4, -0.2) is 40.9 Å². The summed E-state index contributed by atoms with van der Waals surface area (Å²) in [7, 11) is 0. The molecular formula is C18H37NO3. The molecule has 4 nitrogen and oxygen atoms in total. The molecule has 0 radical (unpaired) electrons. The van der Waals surface area contributed by atoms with Crippen LogP contribution < -0.4 is 0 Å². The molecule has 0 aromatic rings. The van der Waals surface area contributed by atoms with E-state index in [1.165, 1.54) is 70.6 Å². The number of aliphatic hydroxyl groups is 1. The molecule has 0 rings (SSSR count). The van der Waals surface area contributed by atoms with E-state index in [0.717, 1.165) is 13.0 Å². The van der Waals surface area contributed by atoms with Gasteiger partial charge in [-0.1, -0.05) is 77.6 Å². The van der Waals surface area contributed by atoms with Crippen molar-refractivity contribution < 1.29 is 15.0 Å². The third-order valence-corrected chi connectivity index (χ3v) is 4.17. The Kier molecular flexibility index (Phi) is 16.3. The van der Waals surface area contributed by atoms with Crippen LogP contribution in [0, 0.1) is 0 Å². The third kappa shape index (κ3) is 15.8. The highest BCUT2D eigenvalue weighted by Crippen LogP contribution is 2.12. The van der Waals surface area contributed by atoms with Crippen molar-refractivity contribution in [1.82, 2.24) is 4.90 Å². The van der Waals surface area contributed by atoms with Crippen molar-refractivity contribution in [2.45, 2.75) is 90.4 Å². The lowest BCUT2D eigenvalue weighted by atomic mass is 10.1. The van der Waals surface area contributed by atoms with Gasteiger partial charge in [0.15, 0.2) is 0 Å². The topological polar surface area (TPSA) is 60.8 Å². The van der Waals surface area contributed by atoms with Gasteiger partial charge in [-0.05, 0) is 6.42 Å². The van der Waals surface area contributed by atoms with Gasteiger partial charge in [0.1, 0.15) is 0 Å². The molecule has 0 heterocycles. The number of hydrogen-bond donors (Lipinski definition) is 2. The number of carboxylic acid groups (broad SMARTS) is 1. The Morgan fingerprint density at radius 3 is 1.64 bits per heavy atom. The van der Waals surface area contributed by atoms with E-state index in [4.69, 9.17) is 10.2 Å². The van der Waals surface area contributed by atoms with Crippen LogP contribution in [0.5, 0.6) is 0 Å². The van der Waals surface area contributed by atoms with E-state index >= 15 is 0 Å². The van der Waals surface area contributed by atoms with Gasteiger partial charge >= 0.3 is 5.97 Å². The maximum Gasteiger partial charge on any atom is 0.304 e. The van der Waals surface area contributed by atoms with Gasteiger partial charge in [-0.2, -0.15) is 0 Å². The fourth-order valence-corrected chi connectivity index (χ4v) is 2.68. The van der Waals surface area contributed by atoms with Gasteiger partial charge in [-0.15, -0.1) is 0 Å². The SMILES string of the molecule is CCCCCCCCCCCCCCN(CO)CCC(=O)O. The van der Waals surface area contributed by atoms with Gasteiger partial charge in [0.05, 0.1) is 13.2 Å². The second-order valence-electron chi connectivity index (χ2n) is 6.29. The summed E-state index contributed by atoms with van der Waals surface area (Å²) in [6.07, 6.45) is 15.9. The van der Waals surface area contributed by atoms with E-state index in [1.54, 1.807) is 0 Å². The predicted octanol–water partition coefficient (Wildman–Crippen LogP) is 4.41. The molecular weight excluding hydrogens is 278 g/mol. The highest BCUT2D eigenvalue weighted by molar-refractivity contribution is 5.66. The lowest BCUT2D eigenvalue weighted by Crippen LogP contribution is -2.28. The Labute approximate surface area is 136 Å². The second kappa shape index (κ2) is 16.8. The van der Waals surface area contributed by atoms with Crippen LogP contribution in [-0.2, 0) is 4.79 Å². The predicted molar refractivity (Wildman–Crippen MR) is 92.0 cm³/mol. The fourth-order valence-electron chi connectivity index (χ4n) is 2.68. The van der Waals surface area contributed by atoms with Crippen LogP contribution in [0.1, 0.15) is 90.4 Å². The zero-order valence-corrected chi connectivity index (χ0v) is 14.6. The van der Waals surface area contributed by atoms with Crippen molar-refractivity contribution in [2.24, 2.45) is 0 Å². The van der Waals surface area contributed by atoms with Crippen LogP contribution >= 0.6 is 0 Å². The lowest BCUT2D eigenvalue weighted by molar-refractivity contribution is -0.137. The molecule has 4 heteroatoms. The monoisotopic (exact) mass is 315 g/mol. The van der Waals surface area contributed by atoms with Crippen molar-refractivity contribution >= 4 is 5.97 Å². The minimum absolute atomic E-state index is 0.0364. The average Bonchev–Trinajstić information content (AvgIpc) is 2.51.